The average molecular weight is 512 g/mol. The van der Waals surface area contributed by atoms with Crippen molar-refractivity contribution >= 4 is 27.8 Å². The third kappa shape index (κ3) is 8.07. The first kappa shape index (κ1) is 26.7. The minimum Gasteiger partial charge on any atom is -0.496 e. The smallest absolute Gasteiger partial charge is 0.311 e. The maximum atomic E-state index is 13.1. The van der Waals surface area contributed by atoms with Gasteiger partial charge in [0.25, 0.3) is 5.91 Å². The van der Waals surface area contributed by atoms with Crippen molar-refractivity contribution in [3.05, 3.63) is 22.2 Å². The number of unbranched alkanes of at least 4 members (excludes halogenated alkanes) is 6. The summed E-state index contributed by atoms with van der Waals surface area (Å²) in [6.07, 6.45) is 10.5. The van der Waals surface area contributed by atoms with Gasteiger partial charge in [0.1, 0.15) is 11.3 Å². The lowest BCUT2D eigenvalue weighted by molar-refractivity contribution is -0.134. The highest BCUT2D eigenvalue weighted by molar-refractivity contribution is 9.10. The molecule has 2 rings (SSSR count). The standard InChI is InChI=1S/C25H39BrN2O4/c1-4-6-7-8-9-10-11-14-22(29)32-24-20(26)15-16-21(31-3)23(24)25(30)27-18-19-13-12-17-28(19)5-2/h15-16,19H,4-14,17-18H2,1-3H3,(H,27,30)/t19-/m0/s1. The molecule has 0 aromatic heterocycles. The second-order valence-corrected chi connectivity index (χ2v) is 9.29. The van der Waals surface area contributed by atoms with Gasteiger partial charge >= 0.3 is 5.97 Å². The topological polar surface area (TPSA) is 67.9 Å². The van der Waals surface area contributed by atoms with Crippen LogP contribution in [0.5, 0.6) is 11.5 Å². The first-order valence-electron chi connectivity index (χ1n) is 12.1. The number of likely N-dealkylation sites (N-methyl/N-ethyl adjacent to an activating group) is 1. The van der Waals surface area contributed by atoms with Crippen LogP contribution in [0.25, 0.3) is 0 Å². The molecule has 0 aliphatic carbocycles. The number of nitrogens with zero attached hydrogens (tertiary/aromatic N) is 1. The SMILES string of the molecule is CCCCCCCCCC(=O)Oc1c(Br)ccc(OC)c1C(=O)NC[C@@H]1CCCN1CC. The van der Waals surface area contributed by atoms with Gasteiger partial charge in [0.15, 0.2) is 5.75 Å². The van der Waals surface area contributed by atoms with Crippen molar-refractivity contribution in [2.75, 3.05) is 26.7 Å². The number of likely N-dealkylation sites (tertiary alicyclic amines) is 1. The first-order valence-corrected chi connectivity index (χ1v) is 12.9. The molecular weight excluding hydrogens is 472 g/mol. The molecule has 32 heavy (non-hydrogen) atoms. The minimum absolute atomic E-state index is 0.230. The number of hydrogen-bond acceptors (Lipinski definition) is 5. The van der Waals surface area contributed by atoms with Crippen LogP contribution in [-0.2, 0) is 4.79 Å². The van der Waals surface area contributed by atoms with E-state index >= 15 is 0 Å². The summed E-state index contributed by atoms with van der Waals surface area (Å²) < 4.78 is 11.6. The zero-order valence-electron chi connectivity index (χ0n) is 19.9. The van der Waals surface area contributed by atoms with Crippen LogP contribution in [0.1, 0.15) is 88.4 Å². The molecule has 1 N–H and O–H groups in total. The largest absolute Gasteiger partial charge is 0.496 e. The normalized spacial score (nSPS) is 16.2. The van der Waals surface area contributed by atoms with Gasteiger partial charge in [-0.3, -0.25) is 14.5 Å². The van der Waals surface area contributed by atoms with Crippen molar-refractivity contribution in [1.29, 1.82) is 0 Å². The third-order valence-electron chi connectivity index (χ3n) is 6.12. The lowest BCUT2D eigenvalue weighted by atomic mass is 10.1. The second-order valence-electron chi connectivity index (χ2n) is 8.43. The van der Waals surface area contributed by atoms with E-state index in [1.165, 1.54) is 32.8 Å². The number of benzene rings is 1. The molecule has 1 atom stereocenters. The summed E-state index contributed by atoms with van der Waals surface area (Å²) in [7, 11) is 1.51. The van der Waals surface area contributed by atoms with E-state index in [4.69, 9.17) is 9.47 Å². The van der Waals surface area contributed by atoms with Gasteiger partial charge in [-0.05, 0) is 60.4 Å². The number of carbonyl (C=O) groups excluding carboxylic acids is 2. The summed E-state index contributed by atoms with van der Waals surface area (Å²) in [5, 5.41) is 3.02. The summed E-state index contributed by atoms with van der Waals surface area (Å²) >= 11 is 3.44. The van der Waals surface area contributed by atoms with Gasteiger partial charge in [-0.1, -0.05) is 52.4 Å². The number of amides is 1. The van der Waals surface area contributed by atoms with Gasteiger partial charge in [-0.25, -0.2) is 0 Å². The molecule has 7 heteroatoms. The van der Waals surface area contributed by atoms with Crippen LogP contribution < -0.4 is 14.8 Å². The van der Waals surface area contributed by atoms with Crippen molar-refractivity contribution in [2.24, 2.45) is 0 Å². The van der Waals surface area contributed by atoms with E-state index in [2.05, 4.69) is 40.0 Å². The fourth-order valence-corrected chi connectivity index (χ4v) is 4.67. The van der Waals surface area contributed by atoms with Crippen molar-refractivity contribution in [3.63, 3.8) is 0 Å². The third-order valence-corrected chi connectivity index (χ3v) is 6.75. The maximum absolute atomic E-state index is 13.1. The molecule has 1 fully saturated rings. The molecule has 6 nitrogen and oxygen atoms in total. The molecule has 1 heterocycles. The fraction of sp³-hybridized carbons (Fsp3) is 0.680. The van der Waals surface area contributed by atoms with Crippen LogP contribution in [0.4, 0.5) is 0 Å². The van der Waals surface area contributed by atoms with Gasteiger partial charge in [-0.15, -0.1) is 0 Å². The summed E-state index contributed by atoms with van der Waals surface area (Å²) in [6.45, 7) is 6.95. The lowest BCUT2D eigenvalue weighted by Crippen LogP contribution is -2.40. The Hall–Kier alpha value is -1.60. The number of ether oxygens (including phenoxy) is 2. The van der Waals surface area contributed by atoms with Crippen LogP contribution in [0, 0.1) is 0 Å². The molecule has 1 aromatic carbocycles. The van der Waals surface area contributed by atoms with E-state index in [0.717, 1.165) is 45.2 Å². The van der Waals surface area contributed by atoms with Crippen LogP contribution in [0.3, 0.4) is 0 Å². The summed E-state index contributed by atoms with van der Waals surface area (Å²) in [5.74, 6) is 0.0103. The second kappa shape index (κ2) is 14.5. The predicted octanol–water partition coefficient (Wildman–Crippen LogP) is 5.72. The summed E-state index contributed by atoms with van der Waals surface area (Å²) in [6, 6.07) is 3.79. The number of esters is 1. The Balaban J connectivity index is 1.97. The molecule has 1 aromatic rings. The molecule has 180 valence electrons. The number of hydrogen-bond donors (Lipinski definition) is 1. The monoisotopic (exact) mass is 510 g/mol. The van der Waals surface area contributed by atoms with E-state index in [0.29, 0.717) is 29.2 Å². The Morgan fingerprint density at radius 3 is 2.53 bits per heavy atom. The number of carbonyl (C=O) groups is 2. The molecule has 0 bridgehead atoms. The Kier molecular flexibility index (Phi) is 12.1. The van der Waals surface area contributed by atoms with Crippen LogP contribution in [-0.4, -0.2) is 49.6 Å². The van der Waals surface area contributed by atoms with Crippen LogP contribution in [0.15, 0.2) is 16.6 Å². The molecule has 0 spiro atoms. The van der Waals surface area contributed by atoms with Crippen molar-refractivity contribution in [3.8, 4) is 11.5 Å². The Bertz CT molecular complexity index is 741. The van der Waals surface area contributed by atoms with E-state index < -0.39 is 0 Å². The van der Waals surface area contributed by atoms with Gasteiger partial charge < -0.3 is 14.8 Å². The maximum Gasteiger partial charge on any atom is 0.311 e. The van der Waals surface area contributed by atoms with Gasteiger partial charge in [0, 0.05) is 19.0 Å². The minimum atomic E-state index is -0.325. The zero-order chi connectivity index (χ0) is 23.3. The van der Waals surface area contributed by atoms with Crippen molar-refractivity contribution in [1.82, 2.24) is 10.2 Å². The van der Waals surface area contributed by atoms with Crippen LogP contribution >= 0.6 is 15.9 Å². The molecule has 1 aliphatic rings. The summed E-state index contributed by atoms with van der Waals surface area (Å²) in [5.41, 5.74) is 0.260. The van der Waals surface area contributed by atoms with Gasteiger partial charge in [-0.2, -0.15) is 0 Å². The summed E-state index contributed by atoms with van der Waals surface area (Å²) in [4.78, 5) is 28.0. The molecule has 0 radical (unpaired) electrons. The van der Waals surface area contributed by atoms with E-state index in [1.807, 2.05) is 0 Å². The molecule has 0 unspecified atom stereocenters. The Morgan fingerprint density at radius 1 is 1.12 bits per heavy atom. The number of methoxy groups -OCH3 is 1. The van der Waals surface area contributed by atoms with Gasteiger partial charge in [0.05, 0.1) is 11.6 Å². The van der Waals surface area contributed by atoms with Crippen molar-refractivity contribution < 1.29 is 19.1 Å². The molecule has 1 aliphatic heterocycles. The number of halogens is 1. The first-order chi connectivity index (χ1) is 15.5. The van der Waals surface area contributed by atoms with E-state index in [-0.39, 0.29) is 23.2 Å². The highest BCUT2D eigenvalue weighted by Crippen LogP contribution is 2.36. The quantitative estimate of drug-likeness (QED) is 0.197. The highest BCUT2D eigenvalue weighted by atomic mass is 79.9. The predicted molar refractivity (Wildman–Crippen MR) is 132 cm³/mol. The van der Waals surface area contributed by atoms with Crippen LogP contribution in [0.2, 0.25) is 0 Å². The zero-order valence-corrected chi connectivity index (χ0v) is 21.5. The molecule has 0 saturated carbocycles. The Labute approximate surface area is 201 Å². The molecule has 1 amide bonds. The highest BCUT2D eigenvalue weighted by Gasteiger charge is 2.27. The Morgan fingerprint density at radius 2 is 1.84 bits per heavy atom. The molecular formula is C25H39BrN2O4. The number of rotatable bonds is 14. The molecule has 1 saturated heterocycles. The van der Waals surface area contributed by atoms with Crippen molar-refractivity contribution in [2.45, 2.75) is 84.1 Å². The number of nitrogens with one attached hydrogen (secondary N) is 1. The van der Waals surface area contributed by atoms with E-state index in [9.17, 15) is 9.59 Å². The lowest BCUT2D eigenvalue weighted by Gasteiger charge is -2.23. The van der Waals surface area contributed by atoms with Gasteiger partial charge in [0.2, 0.25) is 0 Å². The van der Waals surface area contributed by atoms with E-state index in [1.54, 1.807) is 12.1 Å². The average Bonchev–Trinajstić information content (AvgIpc) is 3.25. The fourth-order valence-electron chi connectivity index (χ4n) is 4.26.